The second kappa shape index (κ2) is 5.43. The first-order chi connectivity index (χ1) is 8.09. The van der Waals surface area contributed by atoms with Crippen LogP contribution >= 0.6 is 0 Å². The lowest BCUT2D eigenvalue weighted by Gasteiger charge is -2.32. The normalized spacial score (nSPS) is 17.7. The van der Waals surface area contributed by atoms with Gasteiger partial charge in [0.1, 0.15) is 6.61 Å². The van der Waals surface area contributed by atoms with Gasteiger partial charge in [0.05, 0.1) is 5.60 Å². The SMILES string of the molecule is CC(C)(C)OCC(=O)N1CC=C(C(C)(C)C)CC1. The second-order valence-corrected chi connectivity index (χ2v) is 6.97. The zero-order valence-electron chi connectivity index (χ0n) is 12.7. The molecule has 0 aromatic heterocycles. The molecule has 1 aliphatic heterocycles. The van der Waals surface area contributed by atoms with Gasteiger partial charge in [-0.3, -0.25) is 4.79 Å². The summed E-state index contributed by atoms with van der Waals surface area (Å²) >= 11 is 0. The molecule has 0 aromatic rings. The summed E-state index contributed by atoms with van der Waals surface area (Å²) in [4.78, 5) is 13.8. The summed E-state index contributed by atoms with van der Waals surface area (Å²) in [7, 11) is 0. The van der Waals surface area contributed by atoms with Gasteiger partial charge in [-0.2, -0.15) is 0 Å². The molecule has 0 fully saturated rings. The zero-order chi connectivity index (χ0) is 14.0. The fraction of sp³-hybridized carbons (Fsp3) is 0.800. The monoisotopic (exact) mass is 253 g/mol. The Morgan fingerprint density at radius 2 is 1.89 bits per heavy atom. The van der Waals surface area contributed by atoms with Crippen LogP contribution in [0.4, 0.5) is 0 Å². The maximum absolute atomic E-state index is 12.0. The summed E-state index contributed by atoms with van der Waals surface area (Å²) in [5.74, 6) is 0.0918. The predicted molar refractivity (Wildman–Crippen MR) is 74.4 cm³/mol. The average Bonchev–Trinajstić information content (AvgIpc) is 2.24. The first-order valence-electron chi connectivity index (χ1n) is 6.71. The Morgan fingerprint density at radius 3 is 2.28 bits per heavy atom. The summed E-state index contributed by atoms with van der Waals surface area (Å²) in [6.07, 6.45) is 3.17. The molecule has 0 atom stereocenters. The Morgan fingerprint density at radius 1 is 1.28 bits per heavy atom. The van der Waals surface area contributed by atoms with Crippen LogP contribution in [-0.4, -0.2) is 36.1 Å². The number of rotatable bonds is 2. The molecular weight excluding hydrogens is 226 g/mol. The standard InChI is InChI=1S/C15H27NO2/c1-14(2,3)12-7-9-16(10-8-12)13(17)11-18-15(4,5)6/h7H,8-11H2,1-6H3. The van der Waals surface area contributed by atoms with Crippen LogP contribution in [0.15, 0.2) is 11.6 Å². The molecule has 0 saturated heterocycles. The minimum atomic E-state index is -0.252. The van der Waals surface area contributed by atoms with Crippen LogP contribution in [0, 0.1) is 5.41 Å². The van der Waals surface area contributed by atoms with Crippen LogP contribution < -0.4 is 0 Å². The minimum Gasteiger partial charge on any atom is -0.366 e. The van der Waals surface area contributed by atoms with E-state index in [1.165, 1.54) is 5.57 Å². The molecule has 18 heavy (non-hydrogen) atoms. The summed E-state index contributed by atoms with van der Waals surface area (Å²) in [5.41, 5.74) is 1.41. The van der Waals surface area contributed by atoms with Crippen LogP contribution in [0.25, 0.3) is 0 Å². The van der Waals surface area contributed by atoms with Crippen molar-refractivity contribution in [1.29, 1.82) is 0 Å². The van der Waals surface area contributed by atoms with Crippen molar-refractivity contribution < 1.29 is 9.53 Å². The van der Waals surface area contributed by atoms with Crippen molar-refractivity contribution in [3.8, 4) is 0 Å². The van der Waals surface area contributed by atoms with E-state index in [9.17, 15) is 4.79 Å². The number of nitrogens with zero attached hydrogens (tertiary/aromatic N) is 1. The molecular formula is C15H27NO2. The van der Waals surface area contributed by atoms with Gasteiger partial charge in [-0.1, -0.05) is 32.4 Å². The molecule has 0 N–H and O–H groups in total. The quantitative estimate of drug-likeness (QED) is 0.708. The molecule has 0 unspecified atom stereocenters. The molecule has 1 rings (SSSR count). The van der Waals surface area contributed by atoms with E-state index in [2.05, 4.69) is 26.8 Å². The molecule has 0 bridgehead atoms. The molecule has 0 radical (unpaired) electrons. The van der Waals surface area contributed by atoms with Crippen molar-refractivity contribution in [2.24, 2.45) is 5.41 Å². The van der Waals surface area contributed by atoms with E-state index in [-0.39, 0.29) is 23.5 Å². The highest BCUT2D eigenvalue weighted by molar-refractivity contribution is 5.77. The largest absolute Gasteiger partial charge is 0.366 e. The van der Waals surface area contributed by atoms with Gasteiger partial charge in [-0.15, -0.1) is 0 Å². The number of hydrogen-bond donors (Lipinski definition) is 0. The molecule has 0 aliphatic carbocycles. The Labute approximate surface area is 111 Å². The summed E-state index contributed by atoms with van der Waals surface area (Å²) in [5, 5.41) is 0. The van der Waals surface area contributed by atoms with E-state index in [1.54, 1.807) is 0 Å². The smallest absolute Gasteiger partial charge is 0.248 e. The number of hydrogen-bond acceptors (Lipinski definition) is 2. The van der Waals surface area contributed by atoms with Gasteiger partial charge in [0.25, 0.3) is 0 Å². The van der Waals surface area contributed by atoms with E-state index in [1.807, 2.05) is 25.7 Å². The third-order valence-electron chi connectivity index (χ3n) is 3.15. The first kappa shape index (κ1) is 15.2. The highest BCUT2D eigenvalue weighted by Gasteiger charge is 2.24. The van der Waals surface area contributed by atoms with E-state index < -0.39 is 0 Å². The second-order valence-electron chi connectivity index (χ2n) is 6.97. The fourth-order valence-corrected chi connectivity index (χ4v) is 1.95. The number of ether oxygens (including phenoxy) is 1. The molecule has 1 aliphatic rings. The van der Waals surface area contributed by atoms with E-state index in [4.69, 9.17) is 4.74 Å². The summed E-state index contributed by atoms with van der Waals surface area (Å²) < 4.78 is 5.53. The Balaban J connectivity index is 2.48. The van der Waals surface area contributed by atoms with Gasteiger partial charge in [0.2, 0.25) is 5.91 Å². The highest BCUT2D eigenvalue weighted by Crippen LogP contribution is 2.30. The molecule has 1 amide bonds. The number of amides is 1. The van der Waals surface area contributed by atoms with Gasteiger partial charge in [-0.25, -0.2) is 0 Å². The molecule has 104 valence electrons. The summed E-state index contributed by atoms with van der Waals surface area (Å²) in [6, 6.07) is 0. The minimum absolute atomic E-state index is 0.0918. The average molecular weight is 253 g/mol. The van der Waals surface area contributed by atoms with Crippen molar-refractivity contribution in [2.45, 2.75) is 53.6 Å². The van der Waals surface area contributed by atoms with Gasteiger partial charge in [0.15, 0.2) is 0 Å². The maximum Gasteiger partial charge on any atom is 0.248 e. The van der Waals surface area contributed by atoms with E-state index in [0.717, 1.165) is 19.5 Å². The fourth-order valence-electron chi connectivity index (χ4n) is 1.95. The molecule has 3 nitrogen and oxygen atoms in total. The molecule has 0 aromatic carbocycles. The van der Waals surface area contributed by atoms with Gasteiger partial charge < -0.3 is 9.64 Å². The third-order valence-corrected chi connectivity index (χ3v) is 3.15. The number of carbonyl (C=O) groups excluding carboxylic acids is 1. The lowest BCUT2D eigenvalue weighted by atomic mass is 9.83. The van der Waals surface area contributed by atoms with E-state index >= 15 is 0 Å². The molecule has 3 heteroatoms. The topological polar surface area (TPSA) is 29.5 Å². The molecule has 0 saturated carbocycles. The van der Waals surface area contributed by atoms with Crippen molar-refractivity contribution >= 4 is 5.91 Å². The Bertz CT molecular complexity index is 331. The lowest BCUT2D eigenvalue weighted by molar-refractivity contribution is -0.140. The molecule has 1 heterocycles. The first-order valence-corrected chi connectivity index (χ1v) is 6.71. The zero-order valence-corrected chi connectivity index (χ0v) is 12.7. The van der Waals surface area contributed by atoms with E-state index in [0.29, 0.717) is 0 Å². The Kier molecular flexibility index (Phi) is 4.60. The van der Waals surface area contributed by atoms with Crippen LogP contribution in [0.2, 0.25) is 0 Å². The van der Waals surface area contributed by atoms with Crippen molar-refractivity contribution in [2.75, 3.05) is 19.7 Å². The summed E-state index contributed by atoms with van der Waals surface area (Å²) in [6.45, 7) is 14.3. The van der Waals surface area contributed by atoms with Crippen LogP contribution in [0.1, 0.15) is 48.0 Å². The van der Waals surface area contributed by atoms with Crippen molar-refractivity contribution in [1.82, 2.24) is 4.90 Å². The van der Waals surface area contributed by atoms with Crippen LogP contribution in [0.5, 0.6) is 0 Å². The molecule has 0 spiro atoms. The predicted octanol–water partition coefficient (Wildman–Crippen LogP) is 3.01. The Hall–Kier alpha value is -0.830. The van der Waals surface area contributed by atoms with Gasteiger partial charge in [0, 0.05) is 13.1 Å². The van der Waals surface area contributed by atoms with Crippen molar-refractivity contribution in [3.63, 3.8) is 0 Å². The van der Waals surface area contributed by atoms with Gasteiger partial charge in [-0.05, 0) is 32.6 Å². The third kappa shape index (κ3) is 4.81. The maximum atomic E-state index is 12.0. The van der Waals surface area contributed by atoms with Crippen molar-refractivity contribution in [3.05, 3.63) is 11.6 Å². The van der Waals surface area contributed by atoms with Crippen LogP contribution in [0.3, 0.4) is 0 Å². The highest BCUT2D eigenvalue weighted by atomic mass is 16.5. The lowest BCUT2D eigenvalue weighted by Crippen LogP contribution is -2.40. The van der Waals surface area contributed by atoms with Gasteiger partial charge >= 0.3 is 0 Å². The van der Waals surface area contributed by atoms with Crippen LogP contribution in [-0.2, 0) is 9.53 Å². The number of carbonyl (C=O) groups is 1.